The van der Waals surface area contributed by atoms with Crippen LogP contribution in [0.1, 0.15) is 58.8 Å². The van der Waals surface area contributed by atoms with Crippen LogP contribution in [0.3, 0.4) is 0 Å². The van der Waals surface area contributed by atoms with Crippen molar-refractivity contribution in [1.82, 2.24) is 4.57 Å². The van der Waals surface area contributed by atoms with Crippen LogP contribution in [-0.4, -0.2) is 40.8 Å². The van der Waals surface area contributed by atoms with E-state index in [0.29, 0.717) is 0 Å². The quantitative estimate of drug-likeness (QED) is 0.158. The summed E-state index contributed by atoms with van der Waals surface area (Å²) in [6, 6.07) is 0. The summed E-state index contributed by atoms with van der Waals surface area (Å²) in [6.45, 7) is 6.86. The number of hydrogen-bond acceptors (Lipinski definition) is 3. The predicted molar refractivity (Wildman–Crippen MR) is 98.9 cm³/mol. The van der Waals surface area contributed by atoms with Crippen molar-refractivity contribution in [3.05, 3.63) is 18.7 Å². The van der Waals surface area contributed by atoms with Gasteiger partial charge >= 0.3 is 23.3 Å². The number of rotatable bonds is 12. The molecule has 196 valence electrons. The van der Waals surface area contributed by atoms with E-state index in [1.807, 2.05) is 0 Å². The van der Waals surface area contributed by atoms with Gasteiger partial charge < -0.3 is 4.55 Å². The average molecular weight is 522 g/mol. The first-order valence-corrected chi connectivity index (χ1v) is 11.5. The van der Waals surface area contributed by atoms with E-state index >= 15 is 0 Å². The Bertz CT molecular complexity index is 809. The van der Waals surface area contributed by atoms with Crippen LogP contribution >= 0.6 is 0 Å². The fourth-order valence-corrected chi connectivity index (χ4v) is 2.90. The third-order valence-electron chi connectivity index (χ3n) is 4.47. The molecule has 0 saturated heterocycles. The third-order valence-corrected chi connectivity index (χ3v) is 5.35. The minimum atomic E-state index is -7.43. The number of imidazole rings is 1. The second-order valence-electron chi connectivity index (χ2n) is 7.27. The zero-order valence-electron chi connectivity index (χ0n) is 18.0. The molecule has 1 rings (SSSR count). The topological polar surface area (TPSA) is 66.0 Å². The Morgan fingerprint density at radius 3 is 1.79 bits per heavy atom. The Morgan fingerprint density at radius 2 is 1.33 bits per heavy atom. The Labute approximate surface area is 186 Å². The Kier molecular flexibility index (Phi) is 11.7. The second kappa shape index (κ2) is 12.3. The van der Waals surface area contributed by atoms with Crippen molar-refractivity contribution < 1.29 is 57.1 Å². The van der Waals surface area contributed by atoms with Gasteiger partial charge in [0, 0.05) is 0 Å². The first-order valence-electron chi connectivity index (χ1n) is 10.1. The highest BCUT2D eigenvalue weighted by molar-refractivity contribution is 7.86. The van der Waals surface area contributed by atoms with E-state index in [-0.39, 0.29) is 0 Å². The van der Waals surface area contributed by atoms with Gasteiger partial charge in [-0.25, -0.2) is 17.6 Å². The van der Waals surface area contributed by atoms with Gasteiger partial charge in [0.2, 0.25) is 6.33 Å². The summed E-state index contributed by atoms with van der Waals surface area (Å²) < 4.78 is 140. The lowest BCUT2D eigenvalue weighted by Gasteiger charge is -2.34. The molecule has 33 heavy (non-hydrogen) atoms. The molecule has 1 heterocycles. The van der Waals surface area contributed by atoms with Crippen molar-refractivity contribution in [2.45, 2.75) is 95.2 Å². The number of nitrogens with zero attached hydrogens (tertiary/aromatic N) is 2. The fourth-order valence-electron chi connectivity index (χ4n) is 2.46. The first kappa shape index (κ1) is 31.5. The summed E-state index contributed by atoms with van der Waals surface area (Å²) >= 11 is 0. The predicted octanol–water partition coefficient (Wildman–Crippen LogP) is 5.50. The van der Waals surface area contributed by atoms with E-state index in [4.69, 9.17) is 0 Å². The second-order valence-corrected chi connectivity index (χ2v) is 8.70. The van der Waals surface area contributed by atoms with Gasteiger partial charge in [-0.2, -0.15) is 39.5 Å². The Morgan fingerprint density at radius 1 is 0.818 bits per heavy atom. The molecule has 0 amide bonds. The van der Waals surface area contributed by atoms with Gasteiger partial charge in [0.1, 0.15) is 12.4 Å². The van der Waals surface area contributed by atoms with Crippen LogP contribution in [0, 0.1) is 0 Å². The third kappa shape index (κ3) is 8.34. The maximum absolute atomic E-state index is 12.2. The minimum absolute atomic E-state index is 1.17. The monoisotopic (exact) mass is 522 g/mol. The van der Waals surface area contributed by atoms with Crippen molar-refractivity contribution in [2.75, 3.05) is 0 Å². The lowest BCUT2D eigenvalue weighted by atomic mass is 10.1. The Balaban J connectivity index is 0.000000621. The number of unbranched alkanes of at least 4 members (excludes halogenated alkanes) is 5. The average Bonchev–Trinajstić information content (AvgIpc) is 3.12. The zero-order valence-corrected chi connectivity index (χ0v) is 18.8. The van der Waals surface area contributed by atoms with Crippen LogP contribution in [0.5, 0.6) is 0 Å². The molecular formula is C18H27F9N2O3S. The largest absolute Gasteiger partial charge is 0.743 e. The molecule has 0 aliphatic rings. The highest BCUT2D eigenvalue weighted by Crippen LogP contribution is 2.54. The van der Waals surface area contributed by atoms with E-state index in [1.165, 1.54) is 58.0 Å². The molecule has 0 N–H and O–H groups in total. The highest BCUT2D eigenvalue weighted by Gasteiger charge is 2.83. The number of halogens is 9. The molecule has 0 aliphatic heterocycles. The van der Waals surface area contributed by atoms with Gasteiger partial charge in [0.05, 0.1) is 13.1 Å². The summed E-state index contributed by atoms with van der Waals surface area (Å²) in [4.78, 5) is 0. The number of aryl methyl sites for hydroxylation is 2. The molecule has 0 aliphatic carbocycles. The van der Waals surface area contributed by atoms with E-state index in [9.17, 15) is 52.5 Å². The zero-order chi connectivity index (χ0) is 26.1. The highest BCUT2D eigenvalue weighted by atomic mass is 32.2. The molecule has 0 saturated carbocycles. The molecule has 0 fully saturated rings. The molecule has 0 unspecified atom stereocenters. The fraction of sp³-hybridized carbons (Fsp3) is 0.833. The van der Waals surface area contributed by atoms with Crippen LogP contribution in [0.25, 0.3) is 0 Å². The number of aromatic nitrogens is 2. The summed E-state index contributed by atoms with van der Waals surface area (Å²) in [5.41, 5.74) is 0. The van der Waals surface area contributed by atoms with Gasteiger partial charge in [-0.1, -0.05) is 39.5 Å². The summed E-state index contributed by atoms with van der Waals surface area (Å²) in [7, 11) is -7.42. The molecule has 5 nitrogen and oxygen atoms in total. The normalized spacial score (nSPS) is 13.6. The van der Waals surface area contributed by atoms with Crippen LogP contribution < -0.4 is 4.57 Å². The minimum Gasteiger partial charge on any atom is -0.743 e. The molecular weight excluding hydrogens is 495 g/mol. The summed E-state index contributed by atoms with van der Waals surface area (Å²) in [5, 5.41) is -7.11. The van der Waals surface area contributed by atoms with Crippen molar-refractivity contribution in [3.63, 3.8) is 0 Å². The Hall–Kier alpha value is -1.51. The molecule has 15 heteroatoms. The van der Waals surface area contributed by atoms with E-state index in [2.05, 4.69) is 41.7 Å². The standard InChI is InChI=1S/C14H27N2.C4HF9O3S/c1-3-5-7-8-9-11-16-13-12-15(14-16)10-6-4-2;5-1(6,3(9,10)11)2(7,8)4(12,13)17(14,15)16/h12-14H,3-11H2,1-2H3;(H,14,15,16)/q+1;/p-1. The SMILES string of the molecule is CCCCCCC[n+]1ccn(CCCC)c1.O=S(=O)([O-])C(F)(F)C(F)(F)C(F)(F)C(F)(F)F. The molecule has 0 bridgehead atoms. The van der Waals surface area contributed by atoms with Crippen LogP contribution in [0.4, 0.5) is 39.5 Å². The lowest BCUT2D eigenvalue weighted by Crippen LogP contribution is -2.63. The van der Waals surface area contributed by atoms with E-state index in [1.54, 1.807) is 0 Å². The molecule has 0 atom stereocenters. The smallest absolute Gasteiger partial charge is 0.460 e. The first-order chi connectivity index (χ1) is 14.9. The molecule has 0 aromatic carbocycles. The lowest BCUT2D eigenvalue weighted by molar-refractivity contribution is -0.696. The van der Waals surface area contributed by atoms with Crippen molar-refractivity contribution in [3.8, 4) is 0 Å². The summed E-state index contributed by atoms with van der Waals surface area (Å²) in [6.07, 6.45) is 8.86. The molecule has 1 aromatic heterocycles. The van der Waals surface area contributed by atoms with Crippen molar-refractivity contribution in [2.24, 2.45) is 0 Å². The van der Waals surface area contributed by atoms with Crippen LogP contribution in [-0.2, 0) is 23.2 Å². The van der Waals surface area contributed by atoms with Crippen LogP contribution in [0.2, 0.25) is 0 Å². The van der Waals surface area contributed by atoms with Gasteiger partial charge in [-0.05, 0) is 19.3 Å². The van der Waals surface area contributed by atoms with Crippen LogP contribution in [0.15, 0.2) is 18.7 Å². The van der Waals surface area contributed by atoms with Gasteiger partial charge in [-0.15, -0.1) is 0 Å². The van der Waals surface area contributed by atoms with Crippen molar-refractivity contribution in [1.29, 1.82) is 0 Å². The maximum atomic E-state index is 12.2. The summed E-state index contributed by atoms with van der Waals surface area (Å²) in [5.74, 6) is -14.8. The van der Waals surface area contributed by atoms with E-state index < -0.39 is 33.4 Å². The van der Waals surface area contributed by atoms with Gasteiger partial charge in [0.25, 0.3) is 0 Å². The maximum Gasteiger partial charge on any atom is 0.460 e. The molecule has 0 spiro atoms. The molecule has 0 radical (unpaired) electrons. The van der Waals surface area contributed by atoms with Gasteiger partial charge in [-0.3, -0.25) is 0 Å². The van der Waals surface area contributed by atoms with E-state index in [0.717, 1.165) is 0 Å². The van der Waals surface area contributed by atoms with Gasteiger partial charge in [0.15, 0.2) is 10.1 Å². The number of alkyl halides is 9. The van der Waals surface area contributed by atoms with Crippen molar-refractivity contribution >= 4 is 10.1 Å². The molecule has 1 aromatic rings. The number of hydrogen-bond donors (Lipinski definition) is 0.